The monoisotopic (exact) mass is 416 g/mol. The van der Waals surface area contributed by atoms with Crippen LogP contribution in [0.25, 0.3) is 0 Å². The first-order chi connectivity index (χ1) is 14.6. The average Bonchev–Trinajstić information content (AvgIpc) is 3.37. The minimum absolute atomic E-state index is 0.0393. The molecule has 1 aromatic rings. The lowest BCUT2D eigenvalue weighted by molar-refractivity contribution is -0.123. The fourth-order valence-corrected chi connectivity index (χ4v) is 4.79. The number of ether oxygens (including phenoxy) is 2. The summed E-state index contributed by atoms with van der Waals surface area (Å²) in [5.74, 6) is 3.07. The van der Waals surface area contributed by atoms with Crippen LogP contribution in [0.3, 0.4) is 0 Å². The molecule has 2 unspecified atom stereocenters. The van der Waals surface area contributed by atoms with Crippen LogP contribution in [-0.4, -0.2) is 54.8 Å². The molecule has 1 amide bonds. The highest BCUT2D eigenvalue weighted by atomic mass is 16.6. The number of fused-ring (bicyclic) bond motifs is 2. The van der Waals surface area contributed by atoms with Crippen LogP contribution in [0.5, 0.6) is 11.5 Å². The van der Waals surface area contributed by atoms with Crippen LogP contribution in [0.4, 0.5) is 0 Å². The number of rotatable bonds is 11. The zero-order chi connectivity index (χ0) is 20.9. The van der Waals surface area contributed by atoms with Gasteiger partial charge in [0.15, 0.2) is 11.5 Å². The van der Waals surface area contributed by atoms with Crippen molar-refractivity contribution in [2.75, 3.05) is 32.8 Å². The fraction of sp³-hybridized carbons (Fsp3) is 0.708. The molecule has 0 aromatic heterocycles. The van der Waals surface area contributed by atoms with E-state index < -0.39 is 6.10 Å². The maximum absolute atomic E-state index is 12.6. The normalized spacial score (nSPS) is 24.2. The Morgan fingerprint density at radius 1 is 1.13 bits per heavy atom. The van der Waals surface area contributed by atoms with Crippen LogP contribution in [0.1, 0.15) is 63.5 Å². The fourth-order valence-electron chi connectivity index (χ4n) is 4.79. The van der Waals surface area contributed by atoms with Gasteiger partial charge in [-0.1, -0.05) is 38.7 Å². The summed E-state index contributed by atoms with van der Waals surface area (Å²) in [6.45, 7) is 6.11. The molecule has 2 fully saturated rings. The van der Waals surface area contributed by atoms with Crippen molar-refractivity contribution in [2.45, 2.75) is 64.0 Å². The minimum atomic E-state index is -0.776. The minimum Gasteiger partial charge on any atom is -0.486 e. The highest BCUT2D eigenvalue weighted by Gasteiger charge is 2.45. The van der Waals surface area contributed by atoms with Gasteiger partial charge in [-0.05, 0) is 42.4 Å². The summed E-state index contributed by atoms with van der Waals surface area (Å²) < 4.78 is 11.3. The second-order valence-corrected chi connectivity index (χ2v) is 9.16. The van der Waals surface area contributed by atoms with Gasteiger partial charge in [0, 0.05) is 26.1 Å². The molecule has 1 aliphatic carbocycles. The van der Waals surface area contributed by atoms with E-state index in [1.165, 1.54) is 25.7 Å². The lowest BCUT2D eigenvalue weighted by Gasteiger charge is -2.30. The molecule has 1 aromatic carbocycles. The topological polar surface area (TPSA) is 71.0 Å². The van der Waals surface area contributed by atoms with Gasteiger partial charge in [0.25, 0.3) is 0 Å². The van der Waals surface area contributed by atoms with Gasteiger partial charge in [0.1, 0.15) is 19.3 Å². The number of aliphatic hydroxyl groups is 1. The third kappa shape index (κ3) is 5.46. The van der Waals surface area contributed by atoms with Crippen molar-refractivity contribution in [1.82, 2.24) is 10.2 Å². The summed E-state index contributed by atoms with van der Waals surface area (Å²) in [6, 6.07) is 5.26. The summed E-state index contributed by atoms with van der Waals surface area (Å²) in [4.78, 5) is 15.0. The highest BCUT2D eigenvalue weighted by molar-refractivity contribution is 5.76. The molecule has 2 aliphatic heterocycles. The van der Waals surface area contributed by atoms with Crippen molar-refractivity contribution in [3.8, 4) is 11.5 Å². The smallest absolute Gasteiger partial charge is 0.220 e. The van der Waals surface area contributed by atoms with Gasteiger partial charge < -0.3 is 24.8 Å². The lowest BCUT2D eigenvalue weighted by Crippen LogP contribution is -2.47. The van der Waals surface area contributed by atoms with Crippen molar-refractivity contribution in [3.05, 3.63) is 23.8 Å². The molecule has 4 atom stereocenters. The molecule has 6 nitrogen and oxygen atoms in total. The van der Waals surface area contributed by atoms with Crippen LogP contribution in [0.2, 0.25) is 0 Å². The van der Waals surface area contributed by atoms with Crippen molar-refractivity contribution in [3.63, 3.8) is 0 Å². The number of hydrogen-bond donors (Lipinski definition) is 2. The number of aliphatic hydroxyl groups excluding tert-OH is 1. The van der Waals surface area contributed by atoms with E-state index in [1.807, 2.05) is 18.2 Å². The summed E-state index contributed by atoms with van der Waals surface area (Å²) >= 11 is 0. The number of piperidine rings is 1. The van der Waals surface area contributed by atoms with Crippen molar-refractivity contribution >= 4 is 5.91 Å². The molecular formula is C24H36N2O4. The van der Waals surface area contributed by atoms with Crippen LogP contribution >= 0.6 is 0 Å². The lowest BCUT2D eigenvalue weighted by atomic mass is 10.00. The quantitative estimate of drug-likeness (QED) is 0.542. The molecule has 2 N–H and O–H groups in total. The largest absolute Gasteiger partial charge is 0.486 e. The SMILES string of the molecule is CCCCCCCC(=O)N[C@H](CN1CC2CC2C1)[C@@H](O)c1ccc2c(c1)OCCO2. The summed E-state index contributed by atoms with van der Waals surface area (Å²) in [6.07, 6.45) is 6.71. The van der Waals surface area contributed by atoms with E-state index in [0.29, 0.717) is 37.7 Å². The zero-order valence-electron chi connectivity index (χ0n) is 18.1. The Kier molecular flexibility index (Phi) is 7.16. The number of amides is 1. The molecule has 0 radical (unpaired) electrons. The predicted molar refractivity (Wildman–Crippen MR) is 116 cm³/mol. The second kappa shape index (κ2) is 10.0. The van der Waals surface area contributed by atoms with Crippen LogP contribution < -0.4 is 14.8 Å². The molecular weight excluding hydrogens is 380 g/mol. The standard InChI is InChI=1S/C24H36N2O4/c1-2-3-4-5-6-7-23(27)25-20(16-26-14-18-12-19(18)15-26)24(28)17-8-9-21-22(13-17)30-11-10-29-21/h8-9,13,18-20,24,28H,2-7,10-12,14-16H2,1H3,(H,25,27)/t18?,19?,20-,24+/m1/s1. The summed E-state index contributed by atoms with van der Waals surface area (Å²) in [5, 5.41) is 14.3. The molecule has 4 rings (SSSR count). The Morgan fingerprint density at radius 3 is 2.63 bits per heavy atom. The molecule has 0 bridgehead atoms. The van der Waals surface area contributed by atoms with E-state index in [-0.39, 0.29) is 11.9 Å². The molecule has 166 valence electrons. The van der Waals surface area contributed by atoms with Gasteiger partial charge >= 0.3 is 0 Å². The Balaban J connectivity index is 1.38. The van der Waals surface area contributed by atoms with Crippen LogP contribution in [-0.2, 0) is 4.79 Å². The third-order valence-corrected chi connectivity index (χ3v) is 6.65. The van der Waals surface area contributed by atoms with E-state index in [1.54, 1.807) is 0 Å². The van der Waals surface area contributed by atoms with Crippen molar-refractivity contribution < 1.29 is 19.4 Å². The number of hydrogen-bond acceptors (Lipinski definition) is 5. The van der Waals surface area contributed by atoms with Gasteiger partial charge in [-0.25, -0.2) is 0 Å². The van der Waals surface area contributed by atoms with Crippen LogP contribution in [0, 0.1) is 11.8 Å². The Labute approximate surface area is 179 Å². The average molecular weight is 417 g/mol. The highest BCUT2D eigenvalue weighted by Crippen LogP contribution is 2.45. The number of unbranched alkanes of at least 4 members (excludes halogenated alkanes) is 4. The first-order valence-electron chi connectivity index (χ1n) is 11.7. The summed E-state index contributed by atoms with van der Waals surface area (Å²) in [7, 11) is 0. The molecule has 6 heteroatoms. The molecule has 1 saturated heterocycles. The second-order valence-electron chi connectivity index (χ2n) is 9.16. The van der Waals surface area contributed by atoms with Crippen molar-refractivity contribution in [1.29, 1.82) is 0 Å². The van der Waals surface area contributed by atoms with Crippen molar-refractivity contribution in [2.24, 2.45) is 11.8 Å². The number of carbonyl (C=O) groups excluding carboxylic acids is 1. The molecule has 2 heterocycles. The van der Waals surface area contributed by atoms with Gasteiger partial charge in [0.05, 0.1) is 6.04 Å². The number of carbonyl (C=O) groups is 1. The van der Waals surface area contributed by atoms with E-state index in [0.717, 1.165) is 43.3 Å². The molecule has 1 saturated carbocycles. The maximum atomic E-state index is 12.6. The molecule has 3 aliphatic rings. The van der Waals surface area contributed by atoms with Gasteiger partial charge in [0.2, 0.25) is 5.91 Å². The third-order valence-electron chi connectivity index (χ3n) is 6.65. The zero-order valence-corrected chi connectivity index (χ0v) is 18.1. The number of likely N-dealkylation sites (tertiary alicyclic amines) is 1. The van der Waals surface area contributed by atoms with E-state index in [4.69, 9.17) is 9.47 Å². The first kappa shape index (κ1) is 21.4. The number of benzene rings is 1. The molecule has 30 heavy (non-hydrogen) atoms. The van der Waals surface area contributed by atoms with E-state index in [9.17, 15) is 9.90 Å². The van der Waals surface area contributed by atoms with E-state index >= 15 is 0 Å². The molecule has 0 spiro atoms. The Bertz CT molecular complexity index is 715. The first-order valence-corrected chi connectivity index (χ1v) is 11.7. The Hall–Kier alpha value is -1.79. The Morgan fingerprint density at radius 2 is 1.87 bits per heavy atom. The van der Waals surface area contributed by atoms with E-state index in [2.05, 4.69) is 17.1 Å². The number of nitrogens with zero attached hydrogens (tertiary/aromatic N) is 1. The predicted octanol–water partition coefficient (Wildman–Crippen LogP) is 3.29. The van der Waals surface area contributed by atoms with Gasteiger partial charge in [-0.2, -0.15) is 0 Å². The van der Waals surface area contributed by atoms with Crippen LogP contribution in [0.15, 0.2) is 18.2 Å². The van der Waals surface area contributed by atoms with Gasteiger partial charge in [-0.15, -0.1) is 0 Å². The summed E-state index contributed by atoms with van der Waals surface area (Å²) in [5.41, 5.74) is 0.761. The van der Waals surface area contributed by atoms with Gasteiger partial charge in [-0.3, -0.25) is 4.79 Å². The number of nitrogens with one attached hydrogen (secondary N) is 1. The maximum Gasteiger partial charge on any atom is 0.220 e.